The number of aliphatic hydroxyl groups excluding tert-OH is 1. The quantitative estimate of drug-likeness (QED) is 0.0383. The van der Waals surface area contributed by atoms with Crippen LogP contribution in [0.1, 0.15) is 260 Å². The lowest BCUT2D eigenvalue weighted by Crippen LogP contribution is -2.61. The first-order chi connectivity index (χ1) is 60.9. The first-order valence-corrected chi connectivity index (χ1v) is 47.6. The van der Waals surface area contributed by atoms with Crippen LogP contribution in [0, 0.1) is 99.6 Å². The molecule has 0 aromatic heterocycles. The molecule has 1 aliphatic heterocycles. The number of rotatable bonds is 30. The number of likely N-dealkylation sites (N-methyl/N-ethyl adjacent to an activating group) is 8. The van der Waals surface area contributed by atoms with E-state index in [0.29, 0.717) is 19.3 Å². The summed E-state index contributed by atoms with van der Waals surface area (Å²) in [6.07, 6.45) is 6.53. The van der Waals surface area contributed by atoms with Crippen molar-refractivity contribution in [2.45, 2.75) is 308 Å². The second kappa shape index (κ2) is 49.3. The highest BCUT2D eigenvalue weighted by Crippen LogP contribution is 2.67. The maximum atomic E-state index is 16.1. The third-order valence-corrected chi connectivity index (χ3v) is 28.9. The van der Waals surface area contributed by atoms with E-state index in [4.69, 9.17) is 14.2 Å². The molecule has 1 saturated heterocycles. The predicted octanol–water partition coefficient (Wildman–Crippen LogP) is 10.0. The van der Waals surface area contributed by atoms with Crippen LogP contribution in [0.4, 0.5) is 0 Å². The number of hydrogen-bond acceptors (Lipinski definition) is 23. The molecule has 4 fully saturated rings. The number of aliphatic hydroxyl groups is 2. The third-order valence-electron chi connectivity index (χ3n) is 28.9. The molecule has 736 valence electrons. The Morgan fingerprint density at radius 3 is 1.60 bits per heavy atom. The molecule has 0 radical (unpaired) electrons. The van der Waals surface area contributed by atoms with Crippen LogP contribution in [0.15, 0.2) is 36.0 Å². The predicted molar refractivity (Wildman–Crippen MR) is 492 cm³/mol. The molecule has 5 rings (SSSR count). The Kier molecular flexibility index (Phi) is 42.3. The molecule has 0 aromatic carbocycles. The molecule has 0 spiro atoms. The Balaban J connectivity index is 1.43. The van der Waals surface area contributed by atoms with E-state index in [1.807, 2.05) is 74.5 Å². The number of ketones is 7. The Labute approximate surface area is 778 Å². The second-order valence-electron chi connectivity index (χ2n) is 41.4. The zero-order chi connectivity index (χ0) is 99.4. The topological polar surface area (TPSA) is 401 Å². The maximum Gasteiger partial charge on any atom is 0.309 e. The summed E-state index contributed by atoms with van der Waals surface area (Å²) in [7, 11) is 11.4. The van der Waals surface area contributed by atoms with E-state index in [1.54, 1.807) is 81.4 Å². The van der Waals surface area contributed by atoms with Crippen LogP contribution in [-0.2, 0) is 101 Å². The Bertz CT molecular complexity index is 4220. The zero-order valence-corrected chi connectivity index (χ0v) is 83.6. The van der Waals surface area contributed by atoms with Crippen molar-refractivity contribution in [1.82, 2.24) is 39.2 Å². The summed E-state index contributed by atoms with van der Waals surface area (Å²) < 4.78 is 15.4. The molecule has 131 heavy (non-hydrogen) atoms. The number of hydrogen-bond donors (Lipinski definition) is 2. The lowest BCUT2D eigenvalue weighted by atomic mass is 9.46. The van der Waals surface area contributed by atoms with E-state index < -0.39 is 271 Å². The van der Waals surface area contributed by atoms with Crippen molar-refractivity contribution in [3.8, 4) is 0 Å². The highest BCUT2D eigenvalue weighted by molar-refractivity contribution is 6.02. The number of fused-ring (bicyclic) bond motifs is 5. The molecule has 3 saturated carbocycles. The van der Waals surface area contributed by atoms with E-state index in [0.717, 1.165) is 15.4 Å². The van der Waals surface area contributed by atoms with Crippen LogP contribution in [0.3, 0.4) is 0 Å². The fraction of sp³-hybridized carbons (Fsp3) is 0.760. The first-order valence-electron chi connectivity index (χ1n) is 47.6. The number of nitrogens with zero attached hydrogens (tertiary/aromatic N) is 8. The molecule has 3 unspecified atom stereocenters. The van der Waals surface area contributed by atoms with Crippen LogP contribution in [0.5, 0.6) is 0 Å². The second-order valence-corrected chi connectivity index (χ2v) is 41.4. The summed E-state index contributed by atoms with van der Waals surface area (Å²) in [4.78, 5) is 270. The minimum Gasteiger partial charge on any atom is -0.458 e. The molecule has 1 heterocycles. The van der Waals surface area contributed by atoms with E-state index >= 15 is 24.0 Å². The molecule has 4 aliphatic carbocycles. The lowest BCUT2D eigenvalue weighted by molar-refractivity contribution is -0.181. The molecule has 0 aromatic rings. The minimum atomic E-state index is -1.92. The van der Waals surface area contributed by atoms with Gasteiger partial charge >= 0.3 is 17.9 Å². The van der Waals surface area contributed by atoms with Crippen LogP contribution in [-0.4, -0.2) is 286 Å². The van der Waals surface area contributed by atoms with Gasteiger partial charge in [0.25, 0.3) is 0 Å². The van der Waals surface area contributed by atoms with Gasteiger partial charge in [-0.15, -0.1) is 0 Å². The number of carbonyl (C=O) groups excluding carboxylic acids is 18. The van der Waals surface area contributed by atoms with Gasteiger partial charge in [-0.1, -0.05) is 148 Å². The number of carbonyl (C=O) groups is 18. The number of amides is 8. The molecular weight excluding hydrogens is 1680 g/mol. The molecule has 2 N–H and O–H groups in total. The smallest absolute Gasteiger partial charge is 0.309 e. The van der Waals surface area contributed by atoms with Crippen molar-refractivity contribution in [3.63, 3.8) is 0 Å². The fourth-order valence-corrected chi connectivity index (χ4v) is 20.9. The normalized spacial score (nSPS) is 29.3. The van der Waals surface area contributed by atoms with Gasteiger partial charge in [0.05, 0.1) is 56.6 Å². The van der Waals surface area contributed by atoms with Gasteiger partial charge in [0.15, 0.2) is 35.5 Å². The molecule has 0 bridgehead atoms. The zero-order valence-electron chi connectivity index (χ0n) is 83.6. The summed E-state index contributed by atoms with van der Waals surface area (Å²) in [6, 6.07) is -7.44. The Morgan fingerprint density at radius 1 is 0.565 bits per heavy atom. The first kappa shape index (κ1) is 113. The summed E-state index contributed by atoms with van der Waals surface area (Å²) in [6.45, 7) is 31.3. The van der Waals surface area contributed by atoms with E-state index in [2.05, 4.69) is 0 Å². The summed E-state index contributed by atoms with van der Waals surface area (Å²) in [5, 5.41) is 23.9. The van der Waals surface area contributed by atoms with E-state index in [-0.39, 0.29) is 118 Å². The number of allylic oxidation sites excluding steroid dienone is 6. The Morgan fingerprint density at radius 2 is 1.06 bits per heavy atom. The van der Waals surface area contributed by atoms with E-state index in [9.17, 15) is 72.5 Å². The van der Waals surface area contributed by atoms with Crippen molar-refractivity contribution in [1.29, 1.82) is 0 Å². The van der Waals surface area contributed by atoms with Crippen molar-refractivity contribution >= 4 is 106 Å². The third kappa shape index (κ3) is 28.5. The average molecular weight is 1840 g/mol. The van der Waals surface area contributed by atoms with Crippen molar-refractivity contribution in [2.24, 2.45) is 99.6 Å². The van der Waals surface area contributed by atoms with Crippen molar-refractivity contribution in [2.75, 3.05) is 82.9 Å². The van der Waals surface area contributed by atoms with Gasteiger partial charge in [-0.05, 0) is 149 Å². The summed E-state index contributed by atoms with van der Waals surface area (Å²) in [5.41, 5.74) is -2.57. The van der Waals surface area contributed by atoms with Crippen LogP contribution < -0.4 is 0 Å². The maximum absolute atomic E-state index is 16.1. The van der Waals surface area contributed by atoms with Gasteiger partial charge in [0.1, 0.15) is 29.5 Å². The number of ether oxygens (including phenoxy) is 3. The molecule has 31 heteroatoms. The standard InChI is InChI=1S/C100H158N8O23/c1-28-30-31-63(15)72(50-69(110)53-101(20)84(117)34-35-87(120)130-56-131-88(121)37-36-86(119)129-55-83(116)100(128)41-39-73-70-33-32-67-49-68(109)38-40-98(67,18)89(70)82(115)52-99(73,100)19)91-81(114)48-66(29-2)93(123)102(21)54-85(118)103(22)74(42-57(3)4)80(113)51-71(61(11)12)94(124)104(23)75(43-58(5)6)79(112)46-64(16)78(111)47-65(17)92(122)105(24)76(44-59(7)8)95(125)106(25)77(45-60(9)10)96(126)107(26)90(62(13)14)97(127)108(91)27/h28,30,38,40,49,57-66,70-77,82,89-91,115,128H,29,31-37,39,41-48,50-56H2,1-27H3/b30-28+/t63-,64+,65-,66+,70?,71-,72-,73?,74+,75-,76-,77-,82+,89?,90-,91-,98+,99+,100+/m1/s1. The SMILES string of the molecule is C/C=C/C[C@@H](C)[C@@H](CC(=O)CN(C)C(=O)CCC(=O)OCOC(=O)CCC(=O)OCC(=O)[C@@]1(O)CCC2C3CCC4=CC(=O)C=C[C@]4(C)C3[C@@H](O)C[C@@]21C)[C@@H]1C(=O)C[C@H](CC)C(=O)N(C)CC(=O)N(C)[C@@H](CC(C)C)C(=O)C[C@H](C(C)C)C(=O)N(C)[C@H](CC(C)C)C(=O)C[C@H](C)C(=O)C[C@@H](C)C(=O)N(C)[C@H](CC(C)C)C(=O)N(C)[C@H](CC(C)C)C(=O)N(C)[C@H](C(C)C)C(=O)N1C. The molecule has 5 aliphatic rings. The van der Waals surface area contributed by atoms with E-state index in [1.165, 1.54) is 91.9 Å². The van der Waals surface area contributed by atoms with Crippen molar-refractivity contribution < 1.29 is 111 Å². The largest absolute Gasteiger partial charge is 0.458 e. The van der Waals surface area contributed by atoms with Gasteiger partial charge in [-0.2, -0.15) is 0 Å². The lowest BCUT2D eigenvalue weighted by Gasteiger charge is -2.59. The number of Topliss-reactive ketones (excluding diaryl/α,β-unsaturated/α-hetero) is 6. The monoisotopic (exact) mass is 1840 g/mol. The van der Waals surface area contributed by atoms with Crippen LogP contribution >= 0.6 is 0 Å². The summed E-state index contributed by atoms with van der Waals surface area (Å²) >= 11 is 0. The highest BCUT2D eigenvalue weighted by atomic mass is 16.7. The van der Waals surface area contributed by atoms with Crippen molar-refractivity contribution in [3.05, 3.63) is 36.0 Å². The molecule has 8 amide bonds. The van der Waals surface area contributed by atoms with Gasteiger partial charge < -0.3 is 63.6 Å². The van der Waals surface area contributed by atoms with Gasteiger partial charge in [0.2, 0.25) is 59.8 Å². The fourth-order valence-electron chi connectivity index (χ4n) is 20.9. The van der Waals surface area contributed by atoms with Gasteiger partial charge in [0, 0.05) is 135 Å². The summed E-state index contributed by atoms with van der Waals surface area (Å²) in [5.74, 6) is -19.3. The van der Waals surface area contributed by atoms with Gasteiger partial charge in [-0.3, -0.25) is 86.3 Å². The highest BCUT2D eigenvalue weighted by Gasteiger charge is 2.68. The molecule has 31 nitrogen and oxygen atoms in total. The molecular formula is C100H158N8O23. The van der Waals surface area contributed by atoms with Crippen LogP contribution in [0.2, 0.25) is 0 Å². The Hall–Kier alpha value is -9.00. The van der Waals surface area contributed by atoms with Crippen LogP contribution in [0.25, 0.3) is 0 Å². The molecule has 19 atom stereocenters. The minimum absolute atomic E-state index is 0.0239. The average Bonchev–Trinajstić information content (AvgIpc) is 1.57. The number of esters is 3. The van der Waals surface area contributed by atoms with Gasteiger partial charge in [-0.25, -0.2) is 0 Å².